The molecule has 1 amide bonds. The van der Waals surface area contributed by atoms with Crippen LogP contribution in [0.15, 0.2) is 21.1 Å². The van der Waals surface area contributed by atoms with E-state index in [0.717, 1.165) is 8.95 Å². The van der Waals surface area contributed by atoms with Crippen LogP contribution in [0.25, 0.3) is 0 Å². The van der Waals surface area contributed by atoms with Gasteiger partial charge in [-0.2, -0.15) is 0 Å². The van der Waals surface area contributed by atoms with Crippen LogP contribution in [0.2, 0.25) is 5.02 Å². The van der Waals surface area contributed by atoms with Gasteiger partial charge in [-0.3, -0.25) is 4.79 Å². The van der Waals surface area contributed by atoms with E-state index in [9.17, 15) is 4.79 Å². The Morgan fingerprint density at radius 1 is 1.36 bits per heavy atom. The highest BCUT2D eigenvalue weighted by Gasteiger charge is 2.07. The zero-order valence-electron chi connectivity index (χ0n) is 6.78. The Labute approximate surface area is 112 Å². The van der Waals surface area contributed by atoms with E-state index >= 15 is 0 Å². The molecule has 0 aliphatic rings. The molecule has 76 valence electrons. The van der Waals surface area contributed by atoms with Crippen molar-refractivity contribution in [2.45, 2.75) is 0 Å². The molecular formula is C8H5Br3ClNO. The Morgan fingerprint density at radius 2 is 2.00 bits per heavy atom. The number of benzene rings is 1. The van der Waals surface area contributed by atoms with Crippen LogP contribution < -0.4 is 5.32 Å². The fraction of sp³-hybridized carbons (Fsp3) is 0.125. The fourth-order valence-corrected chi connectivity index (χ4v) is 2.02. The van der Waals surface area contributed by atoms with Crippen molar-refractivity contribution in [1.82, 2.24) is 0 Å². The normalized spacial score (nSPS) is 10.0. The summed E-state index contributed by atoms with van der Waals surface area (Å²) in [5, 5.41) is 3.56. The van der Waals surface area contributed by atoms with Crippen molar-refractivity contribution in [3.05, 3.63) is 26.1 Å². The summed E-state index contributed by atoms with van der Waals surface area (Å²) in [5.41, 5.74) is 0.686. The minimum Gasteiger partial charge on any atom is -0.324 e. The van der Waals surface area contributed by atoms with Crippen molar-refractivity contribution in [1.29, 1.82) is 0 Å². The molecule has 0 heterocycles. The monoisotopic (exact) mass is 403 g/mol. The molecule has 1 N–H and O–H groups in total. The average molecular weight is 406 g/mol. The van der Waals surface area contributed by atoms with E-state index in [2.05, 4.69) is 53.1 Å². The van der Waals surface area contributed by atoms with Gasteiger partial charge in [0.25, 0.3) is 0 Å². The Morgan fingerprint density at radius 3 is 2.57 bits per heavy atom. The summed E-state index contributed by atoms with van der Waals surface area (Å²) in [6.07, 6.45) is 0. The molecule has 0 spiro atoms. The van der Waals surface area contributed by atoms with Crippen molar-refractivity contribution >= 4 is 71.0 Å². The second-order valence-electron chi connectivity index (χ2n) is 2.43. The van der Waals surface area contributed by atoms with E-state index in [1.54, 1.807) is 12.1 Å². The Hall–Kier alpha value is 0.420. The van der Waals surface area contributed by atoms with Crippen LogP contribution >= 0.6 is 59.4 Å². The van der Waals surface area contributed by atoms with Gasteiger partial charge in [-0.1, -0.05) is 27.5 Å². The van der Waals surface area contributed by atoms with Gasteiger partial charge in [0.1, 0.15) is 0 Å². The molecule has 0 aliphatic heterocycles. The number of hydrogen-bond acceptors (Lipinski definition) is 1. The summed E-state index contributed by atoms with van der Waals surface area (Å²) in [4.78, 5) is 11.1. The molecule has 0 atom stereocenters. The van der Waals surface area contributed by atoms with Gasteiger partial charge in [0.2, 0.25) is 5.91 Å². The Bertz CT molecular complexity index is 370. The lowest BCUT2D eigenvalue weighted by molar-refractivity contribution is -0.113. The second-order valence-corrected chi connectivity index (χ2v) is 5.10. The highest BCUT2D eigenvalue weighted by molar-refractivity contribution is 9.11. The van der Waals surface area contributed by atoms with E-state index in [0.29, 0.717) is 10.7 Å². The number of anilines is 1. The van der Waals surface area contributed by atoms with Gasteiger partial charge in [-0.05, 0) is 44.0 Å². The summed E-state index contributed by atoms with van der Waals surface area (Å²) in [6.45, 7) is 0. The van der Waals surface area contributed by atoms with Crippen molar-refractivity contribution in [3.8, 4) is 0 Å². The number of rotatable bonds is 2. The standard InChI is InChI=1S/C8H5Br3ClNO/c9-3-8(14)13-7-2-4(10)6(12)1-5(7)11/h1-2H,3H2,(H,13,14). The van der Waals surface area contributed by atoms with Gasteiger partial charge in [0.15, 0.2) is 0 Å². The predicted octanol–water partition coefficient (Wildman–Crippen LogP) is 4.20. The number of halogens is 4. The van der Waals surface area contributed by atoms with Crippen LogP contribution in [-0.4, -0.2) is 11.2 Å². The first-order valence-electron chi connectivity index (χ1n) is 3.55. The van der Waals surface area contributed by atoms with E-state index < -0.39 is 0 Å². The number of nitrogens with one attached hydrogen (secondary N) is 1. The van der Waals surface area contributed by atoms with Crippen molar-refractivity contribution in [3.63, 3.8) is 0 Å². The molecule has 6 heteroatoms. The molecule has 0 saturated carbocycles. The lowest BCUT2D eigenvalue weighted by Crippen LogP contribution is -2.12. The number of carbonyl (C=O) groups is 1. The van der Waals surface area contributed by atoms with Crippen LogP contribution in [0.1, 0.15) is 0 Å². The predicted molar refractivity (Wildman–Crippen MR) is 69.3 cm³/mol. The van der Waals surface area contributed by atoms with Gasteiger partial charge >= 0.3 is 0 Å². The minimum atomic E-state index is -0.111. The molecule has 1 aromatic rings. The SMILES string of the molecule is O=C(CBr)Nc1cc(Br)c(Cl)cc1Br. The maximum atomic E-state index is 11.1. The number of alkyl halides is 1. The topological polar surface area (TPSA) is 29.1 Å². The van der Waals surface area contributed by atoms with Crippen LogP contribution in [0, 0.1) is 0 Å². The average Bonchev–Trinajstić information content (AvgIpc) is 2.14. The summed E-state index contributed by atoms with van der Waals surface area (Å²) in [5.74, 6) is -0.111. The summed E-state index contributed by atoms with van der Waals surface area (Å²) in [7, 11) is 0. The smallest absolute Gasteiger partial charge is 0.235 e. The van der Waals surface area contributed by atoms with Gasteiger partial charge in [-0.25, -0.2) is 0 Å². The van der Waals surface area contributed by atoms with Gasteiger partial charge in [0.05, 0.1) is 16.0 Å². The molecule has 2 nitrogen and oxygen atoms in total. The molecule has 0 radical (unpaired) electrons. The Kier molecular flexibility index (Phi) is 4.90. The zero-order chi connectivity index (χ0) is 10.7. The molecule has 0 unspecified atom stereocenters. The third-order valence-corrected chi connectivity index (χ3v) is 3.77. The maximum Gasteiger partial charge on any atom is 0.235 e. The molecule has 0 saturated heterocycles. The van der Waals surface area contributed by atoms with Crippen molar-refractivity contribution in [2.75, 3.05) is 10.6 Å². The molecule has 14 heavy (non-hydrogen) atoms. The molecule has 0 bridgehead atoms. The van der Waals surface area contributed by atoms with E-state index in [-0.39, 0.29) is 11.2 Å². The van der Waals surface area contributed by atoms with Crippen molar-refractivity contribution in [2.24, 2.45) is 0 Å². The first-order valence-corrected chi connectivity index (χ1v) is 6.63. The van der Waals surface area contributed by atoms with Crippen LogP contribution in [0.5, 0.6) is 0 Å². The van der Waals surface area contributed by atoms with Gasteiger partial charge < -0.3 is 5.32 Å². The van der Waals surface area contributed by atoms with Crippen LogP contribution in [0.3, 0.4) is 0 Å². The lowest BCUT2D eigenvalue weighted by Gasteiger charge is -2.07. The Balaban J connectivity index is 2.98. The fourth-order valence-electron chi connectivity index (χ4n) is 0.802. The molecule has 1 rings (SSSR count). The molecule has 0 aromatic heterocycles. The van der Waals surface area contributed by atoms with Crippen LogP contribution in [-0.2, 0) is 4.79 Å². The highest BCUT2D eigenvalue weighted by Crippen LogP contribution is 2.32. The third-order valence-electron chi connectivity index (χ3n) is 1.41. The molecule has 0 fully saturated rings. The van der Waals surface area contributed by atoms with E-state index in [1.165, 1.54) is 0 Å². The zero-order valence-corrected chi connectivity index (χ0v) is 12.3. The first kappa shape index (κ1) is 12.5. The van der Waals surface area contributed by atoms with Crippen LogP contribution in [0.4, 0.5) is 5.69 Å². The first-order chi connectivity index (χ1) is 6.54. The van der Waals surface area contributed by atoms with Crippen molar-refractivity contribution < 1.29 is 4.79 Å². The maximum absolute atomic E-state index is 11.1. The lowest BCUT2D eigenvalue weighted by atomic mass is 10.3. The largest absolute Gasteiger partial charge is 0.324 e. The van der Waals surface area contributed by atoms with Gasteiger partial charge in [-0.15, -0.1) is 0 Å². The quantitative estimate of drug-likeness (QED) is 0.579. The number of hydrogen-bond donors (Lipinski definition) is 1. The minimum absolute atomic E-state index is 0.111. The highest BCUT2D eigenvalue weighted by atomic mass is 79.9. The molecule has 0 aliphatic carbocycles. The van der Waals surface area contributed by atoms with Gasteiger partial charge in [0, 0.05) is 8.95 Å². The summed E-state index contributed by atoms with van der Waals surface area (Å²) >= 11 is 15.5. The third kappa shape index (κ3) is 3.22. The van der Waals surface area contributed by atoms with E-state index in [1.807, 2.05) is 0 Å². The summed E-state index contributed by atoms with van der Waals surface area (Å²) in [6, 6.07) is 3.46. The molecular weight excluding hydrogens is 401 g/mol. The number of amides is 1. The summed E-state index contributed by atoms with van der Waals surface area (Å²) < 4.78 is 1.49. The number of carbonyl (C=O) groups excluding carboxylic acids is 1. The van der Waals surface area contributed by atoms with E-state index in [4.69, 9.17) is 11.6 Å². The molecule has 1 aromatic carbocycles. The second kappa shape index (κ2) is 5.49.